The van der Waals surface area contributed by atoms with Gasteiger partial charge < -0.3 is 10.1 Å². The molecule has 2 nitrogen and oxygen atoms in total. The minimum Gasteiger partial charge on any atom is -0.378 e. The van der Waals surface area contributed by atoms with Crippen molar-refractivity contribution in [2.75, 3.05) is 5.32 Å². The number of fused-ring (bicyclic) bond motifs is 3. The van der Waals surface area contributed by atoms with Crippen LogP contribution in [-0.2, 0) is 10.2 Å². The zero-order valence-electron chi connectivity index (χ0n) is 16.5. The molecule has 4 rings (SSSR count). The normalized spacial score (nSPS) is 28.0. The minimum absolute atomic E-state index is 0.152. The monoisotopic (exact) mass is 349 g/mol. The Labute approximate surface area is 158 Å². The largest absolute Gasteiger partial charge is 0.378 e. The molecule has 0 aromatic heterocycles. The molecule has 2 heterocycles. The molecule has 2 aliphatic heterocycles. The van der Waals surface area contributed by atoms with Gasteiger partial charge in [0, 0.05) is 17.2 Å². The summed E-state index contributed by atoms with van der Waals surface area (Å²) in [6.45, 7) is 9.09. The van der Waals surface area contributed by atoms with Gasteiger partial charge in [-0.3, -0.25) is 0 Å². The lowest BCUT2D eigenvalue weighted by Gasteiger charge is -2.46. The zero-order valence-corrected chi connectivity index (χ0v) is 16.5. The van der Waals surface area contributed by atoms with Crippen molar-refractivity contribution in [3.63, 3.8) is 0 Å². The predicted octanol–water partition coefficient (Wildman–Crippen LogP) is 6.40. The molecule has 2 aliphatic rings. The molecule has 2 aromatic carbocycles. The van der Waals surface area contributed by atoms with E-state index >= 15 is 0 Å². The zero-order chi connectivity index (χ0) is 18.3. The van der Waals surface area contributed by atoms with Crippen molar-refractivity contribution in [2.24, 2.45) is 5.92 Å². The molecule has 1 unspecified atom stereocenters. The van der Waals surface area contributed by atoms with Crippen molar-refractivity contribution in [1.82, 2.24) is 0 Å². The van der Waals surface area contributed by atoms with Crippen molar-refractivity contribution in [1.29, 1.82) is 0 Å². The van der Waals surface area contributed by atoms with Crippen molar-refractivity contribution >= 4 is 5.69 Å². The van der Waals surface area contributed by atoms with Crippen LogP contribution in [0.5, 0.6) is 0 Å². The quantitative estimate of drug-likeness (QED) is 0.677. The lowest BCUT2D eigenvalue weighted by Crippen LogP contribution is -2.39. The molecule has 26 heavy (non-hydrogen) atoms. The Bertz CT molecular complexity index is 762. The summed E-state index contributed by atoms with van der Waals surface area (Å²) in [5, 5.41) is 3.84. The summed E-state index contributed by atoms with van der Waals surface area (Å²) < 4.78 is 6.65. The number of hydrogen-bond acceptors (Lipinski definition) is 2. The minimum atomic E-state index is 0.152. The summed E-state index contributed by atoms with van der Waals surface area (Å²) in [4.78, 5) is 0. The van der Waals surface area contributed by atoms with Gasteiger partial charge in [-0.1, -0.05) is 70.2 Å². The highest BCUT2D eigenvalue weighted by Crippen LogP contribution is 2.51. The highest BCUT2D eigenvalue weighted by atomic mass is 16.5. The summed E-state index contributed by atoms with van der Waals surface area (Å²) in [6.07, 6.45) is 4.06. The number of benzene rings is 2. The van der Waals surface area contributed by atoms with E-state index in [1.807, 2.05) is 0 Å². The van der Waals surface area contributed by atoms with Crippen molar-refractivity contribution in [3.8, 4) is 0 Å². The van der Waals surface area contributed by atoms with E-state index in [0.717, 1.165) is 12.8 Å². The van der Waals surface area contributed by atoms with E-state index in [1.165, 1.54) is 28.8 Å². The molecule has 4 atom stereocenters. The van der Waals surface area contributed by atoms with Crippen LogP contribution in [0.4, 0.5) is 5.69 Å². The first kappa shape index (κ1) is 17.6. The van der Waals surface area contributed by atoms with Crippen LogP contribution in [-0.4, -0.2) is 6.10 Å². The Morgan fingerprint density at radius 3 is 2.50 bits per heavy atom. The third kappa shape index (κ3) is 3.16. The van der Waals surface area contributed by atoms with E-state index in [2.05, 4.69) is 81.5 Å². The van der Waals surface area contributed by atoms with E-state index in [-0.39, 0.29) is 11.5 Å². The maximum Gasteiger partial charge on any atom is 0.0899 e. The van der Waals surface area contributed by atoms with Gasteiger partial charge in [0.1, 0.15) is 0 Å². The smallest absolute Gasteiger partial charge is 0.0899 e. The van der Waals surface area contributed by atoms with Crippen molar-refractivity contribution in [2.45, 2.75) is 70.6 Å². The lowest BCUT2D eigenvalue weighted by atomic mass is 9.75. The van der Waals surface area contributed by atoms with Gasteiger partial charge >= 0.3 is 0 Å². The molecular weight excluding hydrogens is 318 g/mol. The Kier molecular flexibility index (Phi) is 4.56. The van der Waals surface area contributed by atoms with Crippen molar-refractivity contribution < 1.29 is 4.74 Å². The fourth-order valence-corrected chi connectivity index (χ4v) is 4.51. The maximum atomic E-state index is 6.65. The molecule has 0 radical (unpaired) electrons. The van der Waals surface area contributed by atoms with Crippen LogP contribution < -0.4 is 5.32 Å². The first-order chi connectivity index (χ1) is 12.5. The molecular formula is C24H31NO. The van der Waals surface area contributed by atoms with E-state index in [1.54, 1.807) is 0 Å². The fraction of sp³-hybridized carbons (Fsp3) is 0.500. The van der Waals surface area contributed by atoms with Gasteiger partial charge in [-0.15, -0.1) is 0 Å². The summed E-state index contributed by atoms with van der Waals surface area (Å²) in [5.74, 6) is 0.489. The second kappa shape index (κ2) is 6.74. The first-order valence-electron chi connectivity index (χ1n) is 10.1. The average molecular weight is 350 g/mol. The Hall–Kier alpha value is -1.80. The van der Waals surface area contributed by atoms with E-state index < -0.39 is 0 Å². The molecule has 2 aromatic rings. The second-order valence-electron chi connectivity index (χ2n) is 8.91. The number of hydrogen-bond donors (Lipinski definition) is 1. The molecule has 0 spiro atoms. The van der Waals surface area contributed by atoms with E-state index in [4.69, 9.17) is 4.74 Å². The lowest BCUT2D eigenvalue weighted by molar-refractivity contribution is -0.0940. The summed E-state index contributed by atoms with van der Waals surface area (Å²) in [6, 6.07) is 18.1. The van der Waals surface area contributed by atoms with Crippen LogP contribution >= 0.6 is 0 Å². The van der Waals surface area contributed by atoms with Gasteiger partial charge in [-0.25, -0.2) is 0 Å². The summed E-state index contributed by atoms with van der Waals surface area (Å²) in [5.41, 5.74) is 5.50. The van der Waals surface area contributed by atoms with Crippen molar-refractivity contribution in [3.05, 3.63) is 65.2 Å². The first-order valence-corrected chi connectivity index (χ1v) is 10.1. The van der Waals surface area contributed by atoms with Gasteiger partial charge in [0.15, 0.2) is 0 Å². The second-order valence-corrected chi connectivity index (χ2v) is 8.91. The standard InChI is InChI=1S/C24H31NO/c1-5-18-12-13-19-22(16-9-7-6-8-10-16)25-21-14-11-17(24(2,3)4)15-20(21)23(19)26-18/h6-11,14-15,18-19,22-23,25H,5,12-13H2,1-4H3/t18?,19-,22-,23-/m0/s1. The van der Waals surface area contributed by atoms with E-state index in [9.17, 15) is 0 Å². The molecule has 0 amide bonds. The van der Waals surface area contributed by atoms with Gasteiger partial charge in [-0.2, -0.15) is 0 Å². The number of nitrogens with one attached hydrogen (secondary N) is 1. The highest BCUT2D eigenvalue weighted by molar-refractivity contribution is 5.59. The molecule has 0 bridgehead atoms. The topological polar surface area (TPSA) is 21.3 Å². The molecule has 0 saturated carbocycles. The van der Waals surface area contributed by atoms with Crippen LogP contribution in [0.2, 0.25) is 0 Å². The summed E-state index contributed by atoms with van der Waals surface area (Å²) in [7, 11) is 0. The number of ether oxygens (including phenoxy) is 1. The summed E-state index contributed by atoms with van der Waals surface area (Å²) >= 11 is 0. The van der Waals surface area contributed by atoms with Gasteiger partial charge in [-0.05, 0) is 41.9 Å². The number of rotatable bonds is 2. The Morgan fingerprint density at radius 2 is 1.81 bits per heavy atom. The van der Waals surface area contributed by atoms with Gasteiger partial charge in [0.25, 0.3) is 0 Å². The molecule has 2 heteroatoms. The molecule has 1 saturated heterocycles. The van der Waals surface area contributed by atoms with E-state index in [0.29, 0.717) is 18.1 Å². The number of anilines is 1. The highest BCUT2D eigenvalue weighted by Gasteiger charge is 2.42. The predicted molar refractivity (Wildman–Crippen MR) is 109 cm³/mol. The van der Waals surface area contributed by atoms with Crippen LogP contribution in [0.1, 0.15) is 75.8 Å². The molecule has 1 fully saturated rings. The fourth-order valence-electron chi connectivity index (χ4n) is 4.51. The third-order valence-electron chi connectivity index (χ3n) is 6.13. The molecule has 138 valence electrons. The Balaban J connectivity index is 1.77. The average Bonchev–Trinajstić information content (AvgIpc) is 2.66. The van der Waals surface area contributed by atoms with Crippen LogP contribution in [0, 0.1) is 5.92 Å². The molecule has 0 aliphatic carbocycles. The van der Waals surface area contributed by atoms with Crippen LogP contribution in [0.25, 0.3) is 0 Å². The SMILES string of the molecule is CCC1CC[C@@H]2[C@H](O1)c1cc(C(C)(C)C)ccc1N[C@H]2c1ccccc1. The van der Waals surface area contributed by atoms with Crippen LogP contribution in [0.15, 0.2) is 48.5 Å². The maximum absolute atomic E-state index is 6.65. The van der Waals surface area contributed by atoms with Gasteiger partial charge in [0.2, 0.25) is 0 Å². The Morgan fingerprint density at radius 1 is 1.04 bits per heavy atom. The third-order valence-corrected chi connectivity index (χ3v) is 6.13. The van der Waals surface area contributed by atoms with Gasteiger partial charge in [0.05, 0.1) is 18.2 Å². The molecule has 1 N–H and O–H groups in total. The van der Waals surface area contributed by atoms with Crippen LogP contribution in [0.3, 0.4) is 0 Å².